The second-order valence-corrected chi connectivity index (χ2v) is 3.58. The van der Waals surface area contributed by atoms with Crippen molar-refractivity contribution in [2.24, 2.45) is 0 Å². The van der Waals surface area contributed by atoms with Crippen LogP contribution in [0.25, 0.3) is 0 Å². The normalized spacial score (nSPS) is 9.81. The summed E-state index contributed by atoms with van der Waals surface area (Å²) in [6.45, 7) is 4.06. The number of nitrogens with zero attached hydrogens (tertiary/aromatic N) is 1. The molecule has 0 bridgehead atoms. The van der Waals surface area contributed by atoms with Gasteiger partial charge in [0.15, 0.2) is 0 Å². The largest absolute Gasteiger partial charge is 0.426 e. The smallest absolute Gasteiger partial charge is 0.291 e. The topological polar surface area (TPSA) is 46.2 Å². The minimum absolute atomic E-state index is 0.249. The molecule has 0 fully saturated rings. The molecule has 0 aliphatic heterocycles. The lowest BCUT2D eigenvalue weighted by atomic mass is 10.1. The minimum atomic E-state index is 0.249. The highest BCUT2D eigenvalue weighted by molar-refractivity contribution is 5.36. The molecule has 0 aliphatic rings. The van der Waals surface area contributed by atoms with Gasteiger partial charge in [-0.2, -0.15) is 5.26 Å². The molecule has 1 heterocycles. The van der Waals surface area contributed by atoms with E-state index in [2.05, 4.69) is 0 Å². The van der Waals surface area contributed by atoms with Crippen molar-refractivity contribution < 1.29 is 9.15 Å². The van der Waals surface area contributed by atoms with Crippen LogP contribution in [-0.4, -0.2) is 0 Å². The molecule has 0 radical (unpaired) electrons. The first-order valence-electron chi connectivity index (χ1n) is 4.94. The first-order valence-corrected chi connectivity index (χ1v) is 4.94. The lowest BCUT2D eigenvalue weighted by Crippen LogP contribution is -1.85. The summed E-state index contributed by atoms with van der Waals surface area (Å²) in [6.07, 6.45) is 0. The summed E-state index contributed by atoms with van der Waals surface area (Å²) in [4.78, 5) is 0. The number of hydrogen-bond donors (Lipinski definition) is 0. The minimum Gasteiger partial charge on any atom is -0.426 e. The average molecular weight is 213 g/mol. The van der Waals surface area contributed by atoms with Crippen LogP contribution in [0.1, 0.15) is 16.9 Å². The molecule has 0 saturated heterocycles. The van der Waals surface area contributed by atoms with E-state index < -0.39 is 0 Å². The Hall–Kier alpha value is -2.21. The number of benzene rings is 1. The van der Waals surface area contributed by atoms with Crippen LogP contribution in [0.5, 0.6) is 11.7 Å². The van der Waals surface area contributed by atoms with Crippen LogP contribution in [0.3, 0.4) is 0 Å². The summed E-state index contributed by atoms with van der Waals surface area (Å²) in [5, 5.41) is 8.60. The summed E-state index contributed by atoms with van der Waals surface area (Å²) in [7, 11) is 0. The third-order valence-electron chi connectivity index (χ3n) is 2.39. The Morgan fingerprint density at radius 1 is 1.12 bits per heavy atom. The number of ether oxygens (including phenoxy) is 1. The molecule has 1 aromatic heterocycles. The van der Waals surface area contributed by atoms with Crippen molar-refractivity contribution in [2.75, 3.05) is 0 Å². The van der Waals surface area contributed by atoms with Gasteiger partial charge in [0.1, 0.15) is 11.8 Å². The third kappa shape index (κ3) is 2.06. The van der Waals surface area contributed by atoms with Crippen molar-refractivity contribution >= 4 is 0 Å². The molecule has 2 aromatic rings. The first kappa shape index (κ1) is 10.3. The van der Waals surface area contributed by atoms with E-state index in [0.29, 0.717) is 11.7 Å². The highest BCUT2D eigenvalue weighted by Gasteiger charge is 2.04. The highest BCUT2D eigenvalue weighted by Crippen LogP contribution is 2.25. The average Bonchev–Trinajstić information content (AvgIpc) is 2.71. The zero-order valence-corrected chi connectivity index (χ0v) is 9.15. The molecule has 0 amide bonds. The Bertz CT molecular complexity index is 549. The summed E-state index contributed by atoms with van der Waals surface area (Å²) in [6, 6.07) is 10.9. The molecular weight excluding hydrogens is 202 g/mol. The molecule has 0 spiro atoms. The standard InChI is InChI=1S/C13H11NO2/c1-9-3-4-11(7-10(9)2)15-13-6-5-12(8-14)16-13/h3-7H,1-2H3. The van der Waals surface area contributed by atoms with Gasteiger partial charge in [-0.05, 0) is 43.2 Å². The van der Waals surface area contributed by atoms with E-state index in [1.165, 1.54) is 5.56 Å². The van der Waals surface area contributed by atoms with E-state index in [1.54, 1.807) is 12.1 Å². The highest BCUT2D eigenvalue weighted by atomic mass is 16.6. The Morgan fingerprint density at radius 3 is 2.56 bits per heavy atom. The van der Waals surface area contributed by atoms with Gasteiger partial charge in [-0.3, -0.25) is 0 Å². The summed E-state index contributed by atoms with van der Waals surface area (Å²) >= 11 is 0. The molecule has 0 aliphatic carbocycles. The lowest BCUT2D eigenvalue weighted by Gasteiger charge is -2.04. The monoisotopic (exact) mass is 213 g/mol. The fourth-order valence-electron chi connectivity index (χ4n) is 1.33. The zero-order valence-electron chi connectivity index (χ0n) is 9.15. The molecule has 1 aromatic carbocycles. The molecule has 80 valence electrons. The second kappa shape index (κ2) is 4.11. The number of hydrogen-bond acceptors (Lipinski definition) is 3. The van der Waals surface area contributed by atoms with Crippen LogP contribution in [0, 0.1) is 25.2 Å². The van der Waals surface area contributed by atoms with Gasteiger partial charge in [0.25, 0.3) is 5.95 Å². The molecule has 0 unspecified atom stereocenters. The van der Waals surface area contributed by atoms with Gasteiger partial charge in [0.2, 0.25) is 5.76 Å². The second-order valence-electron chi connectivity index (χ2n) is 3.58. The molecular formula is C13H11NO2. The van der Waals surface area contributed by atoms with Crippen molar-refractivity contribution in [3.63, 3.8) is 0 Å². The fraction of sp³-hybridized carbons (Fsp3) is 0.154. The van der Waals surface area contributed by atoms with Gasteiger partial charge in [-0.15, -0.1) is 0 Å². The first-order chi connectivity index (χ1) is 7.69. The number of aryl methyl sites for hydroxylation is 2. The fourth-order valence-corrected chi connectivity index (χ4v) is 1.33. The lowest BCUT2D eigenvalue weighted by molar-refractivity contribution is 0.343. The SMILES string of the molecule is Cc1ccc(Oc2ccc(C#N)o2)cc1C. The van der Waals surface area contributed by atoms with Crippen LogP contribution in [-0.2, 0) is 0 Å². The van der Waals surface area contributed by atoms with E-state index in [-0.39, 0.29) is 5.76 Å². The van der Waals surface area contributed by atoms with E-state index in [4.69, 9.17) is 14.4 Å². The van der Waals surface area contributed by atoms with Gasteiger partial charge in [-0.25, -0.2) is 0 Å². The van der Waals surface area contributed by atoms with Crippen LogP contribution < -0.4 is 4.74 Å². The van der Waals surface area contributed by atoms with Crippen LogP contribution >= 0.6 is 0 Å². The summed E-state index contributed by atoms with van der Waals surface area (Å²) in [5.41, 5.74) is 2.37. The Kier molecular flexibility index (Phi) is 2.65. The Morgan fingerprint density at radius 2 is 1.94 bits per heavy atom. The number of furan rings is 1. The molecule has 0 N–H and O–H groups in total. The van der Waals surface area contributed by atoms with Crippen molar-refractivity contribution in [3.8, 4) is 17.8 Å². The predicted octanol–water partition coefficient (Wildman–Crippen LogP) is 3.56. The third-order valence-corrected chi connectivity index (χ3v) is 2.39. The molecule has 2 rings (SSSR count). The van der Waals surface area contributed by atoms with Gasteiger partial charge in [0, 0.05) is 6.07 Å². The van der Waals surface area contributed by atoms with Crippen molar-refractivity contribution in [2.45, 2.75) is 13.8 Å². The number of nitriles is 1. The maximum Gasteiger partial charge on any atom is 0.291 e. The van der Waals surface area contributed by atoms with Crippen LogP contribution in [0.2, 0.25) is 0 Å². The maximum absolute atomic E-state index is 8.60. The van der Waals surface area contributed by atoms with Crippen molar-refractivity contribution in [1.82, 2.24) is 0 Å². The summed E-state index contributed by atoms with van der Waals surface area (Å²) < 4.78 is 10.6. The van der Waals surface area contributed by atoms with E-state index in [1.807, 2.05) is 38.1 Å². The molecule has 0 saturated carbocycles. The maximum atomic E-state index is 8.60. The number of rotatable bonds is 2. The van der Waals surface area contributed by atoms with Crippen molar-refractivity contribution in [3.05, 3.63) is 47.2 Å². The Balaban J connectivity index is 2.21. The molecule has 3 nitrogen and oxygen atoms in total. The van der Waals surface area contributed by atoms with Gasteiger partial charge in [-0.1, -0.05) is 6.07 Å². The van der Waals surface area contributed by atoms with E-state index in [9.17, 15) is 0 Å². The van der Waals surface area contributed by atoms with Gasteiger partial charge in [0.05, 0.1) is 0 Å². The zero-order chi connectivity index (χ0) is 11.5. The Labute approximate surface area is 93.9 Å². The molecule has 16 heavy (non-hydrogen) atoms. The summed E-state index contributed by atoms with van der Waals surface area (Å²) in [5.74, 6) is 1.29. The van der Waals surface area contributed by atoms with E-state index in [0.717, 1.165) is 5.56 Å². The quantitative estimate of drug-likeness (QED) is 0.766. The van der Waals surface area contributed by atoms with E-state index >= 15 is 0 Å². The van der Waals surface area contributed by atoms with Gasteiger partial charge >= 0.3 is 0 Å². The predicted molar refractivity (Wildman–Crippen MR) is 59.4 cm³/mol. The molecule has 0 atom stereocenters. The van der Waals surface area contributed by atoms with Crippen molar-refractivity contribution in [1.29, 1.82) is 5.26 Å². The van der Waals surface area contributed by atoms with Crippen LogP contribution in [0.4, 0.5) is 0 Å². The van der Waals surface area contributed by atoms with Crippen LogP contribution in [0.15, 0.2) is 34.7 Å². The van der Waals surface area contributed by atoms with Gasteiger partial charge < -0.3 is 9.15 Å². The molecule has 3 heteroatoms.